The Labute approximate surface area is 163 Å². The smallest absolute Gasteiger partial charge is 0.274 e. The summed E-state index contributed by atoms with van der Waals surface area (Å²) in [6, 6.07) is 19.7. The van der Waals surface area contributed by atoms with Crippen molar-refractivity contribution in [2.45, 2.75) is 13.5 Å². The van der Waals surface area contributed by atoms with Gasteiger partial charge in [0.1, 0.15) is 11.4 Å². The van der Waals surface area contributed by atoms with Crippen molar-refractivity contribution in [3.63, 3.8) is 0 Å². The number of rotatable bonds is 7. The van der Waals surface area contributed by atoms with Crippen molar-refractivity contribution in [1.82, 2.24) is 10.3 Å². The summed E-state index contributed by atoms with van der Waals surface area (Å²) in [6.07, 6.45) is 0. The van der Waals surface area contributed by atoms with Gasteiger partial charge < -0.3 is 15.4 Å². The van der Waals surface area contributed by atoms with Crippen molar-refractivity contribution >= 4 is 23.2 Å². The highest BCUT2D eigenvalue weighted by atomic mass is 35.5. The Hall–Kier alpha value is -2.89. The number of para-hydroxylation sites is 1. The summed E-state index contributed by atoms with van der Waals surface area (Å²) in [5, 5.41) is 6.81. The lowest BCUT2D eigenvalue weighted by atomic mass is 10.1. The number of carbonyl (C=O) groups is 1. The molecular weight excluding hydrogens is 362 g/mol. The van der Waals surface area contributed by atoms with E-state index >= 15 is 0 Å². The van der Waals surface area contributed by atoms with E-state index in [1.54, 1.807) is 42.5 Å². The molecule has 6 heteroatoms. The first-order valence-corrected chi connectivity index (χ1v) is 9.04. The molecule has 0 saturated carbocycles. The number of anilines is 1. The second-order valence-electron chi connectivity index (χ2n) is 5.81. The lowest BCUT2D eigenvalue weighted by Gasteiger charge is -2.11. The zero-order chi connectivity index (χ0) is 19.1. The van der Waals surface area contributed by atoms with Crippen molar-refractivity contribution < 1.29 is 9.53 Å². The first kappa shape index (κ1) is 18.9. The van der Waals surface area contributed by atoms with Crippen LogP contribution in [0.1, 0.15) is 23.0 Å². The normalized spacial score (nSPS) is 10.4. The molecule has 0 aliphatic carbocycles. The second-order valence-corrected chi connectivity index (χ2v) is 6.25. The van der Waals surface area contributed by atoms with E-state index in [0.29, 0.717) is 23.2 Å². The Morgan fingerprint density at radius 2 is 1.81 bits per heavy atom. The van der Waals surface area contributed by atoms with Gasteiger partial charge in [0.15, 0.2) is 0 Å². The zero-order valence-electron chi connectivity index (χ0n) is 14.9. The van der Waals surface area contributed by atoms with E-state index in [2.05, 4.69) is 15.6 Å². The molecule has 0 unspecified atom stereocenters. The minimum Gasteiger partial charge on any atom is -0.439 e. The highest BCUT2D eigenvalue weighted by molar-refractivity contribution is 6.30. The Kier molecular flexibility index (Phi) is 6.41. The molecule has 3 rings (SSSR count). The van der Waals surface area contributed by atoms with Gasteiger partial charge in [0, 0.05) is 23.3 Å². The fraction of sp³-hybridized carbons (Fsp3) is 0.143. The van der Waals surface area contributed by atoms with E-state index < -0.39 is 0 Å². The number of pyridine rings is 1. The molecule has 5 nitrogen and oxygen atoms in total. The van der Waals surface area contributed by atoms with Gasteiger partial charge in [-0.25, -0.2) is 4.98 Å². The summed E-state index contributed by atoms with van der Waals surface area (Å²) in [6.45, 7) is 3.57. The van der Waals surface area contributed by atoms with Crippen molar-refractivity contribution in [1.29, 1.82) is 0 Å². The highest BCUT2D eigenvalue weighted by Crippen LogP contribution is 2.22. The zero-order valence-corrected chi connectivity index (χ0v) is 15.7. The summed E-state index contributed by atoms with van der Waals surface area (Å²) >= 11 is 5.87. The van der Waals surface area contributed by atoms with Crippen LogP contribution in [-0.4, -0.2) is 17.4 Å². The second kappa shape index (κ2) is 9.16. The first-order valence-electron chi connectivity index (χ1n) is 8.66. The number of aromatic nitrogens is 1. The number of nitrogens with zero attached hydrogens (tertiary/aromatic N) is 1. The third-order valence-electron chi connectivity index (χ3n) is 3.82. The third kappa shape index (κ3) is 5.29. The molecule has 2 N–H and O–H groups in total. The van der Waals surface area contributed by atoms with Gasteiger partial charge in [-0.1, -0.05) is 42.8 Å². The Morgan fingerprint density at radius 1 is 1.04 bits per heavy atom. The van der Waals surface area contributed by atoms with Gasteiger partial charge in [-0.15, -0.1) is 0 Å². The van der Waals surface area contributed by atoms with E-state index in [1.807, 2.05) is 31.2 Å². The van der Waals surface area contributed by atoms with Crippen LogP contribution in [0.25, 0.3) is 0 Å². The molecule has 3 aromatic rings. The number of hydrogen-bond donors (Lipinski definition) is 2. The van der Waals surface area contributed by atoms with Gasteiger partial charge in [0.2, 0.25) is 5.88 Å². The number of carbonyl (C=O) groups excluding carboxylic acids is 1. The molecule has 0 aliphatic heterocycles. The minimum atomic E-state index is -0.291. The number of benzene rings is 2. The summed E-state index contributed by atoms with van der Waals surface area (Å²) in [4.78, 5) is 16.9. The number of ether oxygens (including phenoxy) is 1. The maximum absolute atomic E-state index is 12.6. The molecule has 0 fully saturated rings. The van der Waals surface area contributed by atoms with E-state index in [9.17, 15) is 4.79 Å². The van der Waals surface area contributed by atoms with E-state index in [-0.39, 0.29) is 11.6 Å². The van der Waals surface area contributed by atoms with Crippen LogP contribution in [0.3, 0.4) is 0 Å². The molecular formula is C21H20ClN3O2. The van der Waals surface area contributed by atoms with Crippen molar-refractivity contribution in [2.24, 2.45) is 0 Å². The van der Waals surface area contributed by atoms with Gasteiger partial charge in [0.25, 0.3) is 5.91 Å². The first-order chi connectivity index (χ1) is 13.2. The molecule has 1 heterocycles. The SMILES string of the molecule is CCNCc1ccccc1NC(=O)c1cccc(Oc2ccc(Cl)cc2)n1. The van der Waals surface area contributed by atoms with Crippen LogP contribution in [-0.2, 0) is 6.54 Å². The molecule has 0 aliphatic rings. The van der Waals surface area contributed by atoms with Gasteiger partial charge in [-0.2, -0.15) is 0 Å². The minimum absolute atomic E-state index is 0.278. The summed E-state index contributed by atoms with van der Waals surface area (Å²) < 4.78 is 5.69. The molecule has 2 aromatic carbocycles. The van der Waals surface area contributed by atoms with Gasteiger partial charge in [0.05, 0.1) is 0 Å². The van der Waals surface area contributed by atoms with Crippen molar-refractivity contribution in [2.75, 3.05) is 11.9 Å². The molecule has 0 saturated heterocycles. The van der Waals surface area contributed by atoms with Crippen LogP contribution < -0.4 is 15.4 Å². The van der Waals surface area contributed by atoms with E-state index in [1.165, 1.54) is 0 Å². The average molecular weight is 382 g/mol. The molecule has 0 spiro atoms. The molecule has 0 bridgehead atoms. The fourth-order valence-electron chi connectivity index (χ4n) is 2.46. The van der Waals surface area contributed by atoms with Crippen LogP contribution in [0.15, 0.2) is 66.7 Å². The molecule has 0 radical (unpaired) electrons. The van der Waals surface area contributed by atoms with Crippen LogP contribution in [0, 0.1) is 0 Å². The molecule has 27 heavy (non-hydrogen) atoms. The number of hydrogen-bond acceptors (Lipinski definition) is 4. The quantitative estimate of drug-likeness (QED) is 0.611. The maximum atomic E-state index is 12.6. The molecule has 0 atom stereocenters. The lowest BCUT2D eigenvalue weighted by Crippen LogP contribution is -2.18. The monoisotopic (exact) mass is 381 g/mol. The molecule has 1 aromatic heterocycles. The fourth-order valence-corrected chi connectivity index (χ4v) is 2.59. The number of amides is 1. The number of halogens is 1. The molecule has 1 amide bonds. The largest absolute Gasteiger partial charge is 0.439 e. The summed E-state index contributed by atoms with van der Waals surface area (Å²) in [7, 11) is 0. The van der Waals surface area contributed by atoms with Crippen LogP contribution in [0.2, 0.25) is 5.02 Å². The average Bonchev–Trinajstić information content (AvgIpc) is 2.69. The van der Waals surface area contributed by atoms with Crippen molar-refractivity contribution in [3.05, 3.63) is 83.0 Å². The molecule has 138 valence electrons. The van der Waals surface area contributed by atoms with Crippen LogP contribution >= 0.6 is 11.6 Å². The van der Waals surface area contributed by atoms with Gasteiger partial charge in [-0.3, -0.25) is 4.79 Å². The topological polar surface area (TPSA) is 63.2 Å². The Balaban J connectivity index is 1.73. The van der Waals surface area contributed by atoms with Crippen LogP contribution in [0.4, 0.5) is 5.69 Å². The van der Waals surface area contributed by atoms with Gasteiger partial charge in [-0.05, 0) is 48.5 Å². The summed E-state index contributed by atoms with van der Waals surface area (Å²) in [5.74, 6) is 0.645. The van der Waals surface area contributed by atoms with Crippen molar-refractivity contribution in [3.8, 4) is 11.6 Å². The van der Waals surface area contributed by atoms with E-state index in [4.69, 9.17) is 16.3 Å². The van der Waals surface area contributed by atoms with Gasteiger partial charge >= 0.3 is 0 Å². The maximum Gasteiger partial charge on any atom is 0.274 e. The standard InChI is InChI=1S/C21H20ClN3O2/c1-2-23-14-15-6-3-4-7-18(15)25-21(26)19-8-5-9-20(24-19)27-17-12-10-16(22)11-13-17/h3-13,23H,2,14H2,1H3,(H,25,26). The Morgan fingerprint density at radius 3 is 2.59 bits per heavy atom. The summed E-state index contributed by atoms with van der Waals surface area (Å²) in [5.41, 5.74) is 2.05. The highest BCUT2D eigenvalue weighted by Gasteiger charge is 2.11. The van der Waals surface area contributed by atoms with E-state index in [0.717, 1.165) is 17.8 Å². The predicted molar refractivity (Wildman–Crippen MR) is 108 cm³/mol. The predicted octanol–water partition coefficient (Wildman–Crippen LogP) is 4.89. The third-order valence-corrected chi connectivity index (χ3v) is 4.08. The van der Waals surface area contributed by atoms with Crippen LogP contribution in [0.5, 0.6) is 11.6 Å². The number of nitrogens with one attached hydrogen (secondary N) is 2. The lowest BCUT2D eigenvalue weighted by molar-refractivity contribution is 0.102. The Bertz CT molecular complexity index is 913.